The number of rotatable bonds is 4. The highest BCUT2D eigenvalue weighted by Crippen LogP contribution is 2.38. The minimum Gasteiger partial charge on any atom is -0.457 e. The topological polar surface area (TPSA) is 97.4 Å². The van der Waals surface area contributed by atoms with Crippen molar-refractivity contribution in [3.63, 3.8) is 0 Å². The van der Waals surface area contributed by atoms with Crippen LogP contribution in [-0.2, 0) is 24.2 Å². The molecule has 1 aliphatic carbocycles. The molecule has 0 radical (unpaired) electrons. The van der Waals surface area contributed by atoms with Gasteiger partial charge in [0, 0.05) is 22.2 Å². The lowest BCUT2D eigenvalue weighted by molar-refractivity contribution is 0.0535. The Labute approximate surface area is 188 Å². The van der Waals surface area contributed by atoms with E-state index in [-0.39, 0.29) is 24.4 Å². The second kappa shape index (κ2) is 8.55. The monoisotopic (exact) mass is 447 g/mol. The standard InChI is InChI=1S/C24H21N3O4S/c28-21(14-9-10-16-15(12-14)13-31-24(16)30)27-23-20(17-6-2-1-3-7-18(17)32-23)22(29)26-19-8-4-5-11-25-19/h4-5,8-12H,1-3,6-7,13H2,(H,27,28)(H,25,26,29). The van der Waals surface area contributed by atoms with Gasteiger partial charge < -0.3 is 15.4 Å². The number of thiophene rings is 1. The second-order valence-corrected chi connectivity index (χ2v) is 8.95. The number of anilines is 2. The molecule has 2 aliphatic rings. The van der Waals surface area contributed by atoms with E-state index in [1.54, 1.807) is 36.5 Å². The van der Waals surface area contributed by atoms with Crippen molar-refractivity contribution < 1.29 is 19.1 Å². The van der Waals surface area contributed by atoms with E-state index >= 15 is 0 Å². The first-order chi connectivity index (χ1) is 15.6. The fourth-order valence-electron chi connectivity index (χ4n) is 4.14. The Hall–Kier alpha value is -3.52. The minimum absolute atomic E-state index is 0.167. The number of fused-ring (bicyclic) bond motifs is 2. The van der Waals surface area contributed by atoms with Gasteiger partial charge in [-0.15, -0.1) is 11.3 Å². The normalized spacial score (nSPS) is 14.7. The molecule has 0 bridgehead atoms. The van der Waals surface area contributed by atoms with Crippen LogP contribution in [0, 0.1) is 0 Å². The van der Waals surface area contributed by atoms with Gasteiger partial charge in [-0.3, -0.25) is 9.59 Å². The largest absolute Gasteiger partial charge is 0.457 e. The summed E-state index contributed by atoms with van der Waals surface area (Å²) in [5.74, 6) is -0.504. The van der Waals surface area contributed by atoms with Crippen LogP contribution in [0.15, 0.2) is 42.6 Å². The van der Waals surface area contributed by atoms with Gasteiger partial charge in [-0.25, -0.2) is 9.78 Å². The number of carbonyl (C=O) groups excluding carboxylic acids is 3. The predicted octanol–water partition coefficient (Wildman–Crippen LogP) is 4.59. The molecule has 32 heavy (non-hydrogen) atoms. The zero-order valence-electron chi connectivity index (χ0n) is 17.3. The Kier molecular flexibility index (Phi) is 5.45. The number of carbonyl (C=O) groups is 3. The molecule has 0 saturated heterocycles. The van der Waals surface area contributed by atoms with Crippen molar-refractivity contribution in [3.8, 4) is 0 Å². The van der Waals surface area contributed by atoms with E-state index in [0.29, 0.717) is 33.1 Å². The van der Waals surface area contributed by atoms with Crippen molar-refractivity contribution in [2.45, 2.75) is 38.7 Å². The number of aromatic nitrogens is 1. The van der Waals surface area contributed by atoms with E-state index in [9.17, 15) is 14.4 Å². The van der Waals surface area contributed by atoms with Gasteiger partial charge in [0.1, 0.15) is 17.4 Å². The Bertz CT molecular complexity index is 1220. The number of benzene rings is 1. The number of ether oxygens (including phenoxy) is 1. The molecule has 1 aliphatic heterocycles. The fraction of sp³-hybridized carbons (Fsp3) is 0.250. The molecule has 0 saturated carbocycles. The van der Waals surface area contributed by atoms with Crippen LogP contribution in [-0.4, -0.2) is 22.8 Å². The van der Waals surface area contributed by atoms with Crippen LogP contribution in [0.1, 0.15) is 66.3 Å². The molecule has 1 aromatic carbocycles. The lowest BCUT2D eigenvalue weighted by Crippen LogP contribution is -2.18. The maximum absolute atomic E-state index is 13.2. The van der Waals surface area contributed by atoms with Gasteiger partial charge in [-0.05, 0) is 61.6 Å². The zero-order chi connectivity index (χ0) is 22.1. The minimum atomic E-state index is -0.373. The summed E-state index contributed by atoms with van der Waals surface area (Å²) in [7, 11) is 0. The number of nitrogens with zero attached hydrogens (tertiary/aromatic N) is 1. The number of hydrogen-bond acceptors (Lipinski definition) is 6. The fourth-order valence-corrected chi connectivity index (χ4v) is 5.42. The Morgan fingerprint density at radius 2 is 1.88 bits per heavy atom. The molecule has 7 nitrogen and oxygen atoms in total. The van der Waals surface area contributed by atoms with Crippen molar-refractivity contribution >= 4 is 39.9 Å². The van der Waals surface area contributed by atoms with Crippen LogP contribution in [0.25, 0.3) is 0 Å². The maximum atomic E-state index is 13.2. The van der Waals surface area contributed by atoms with Gasteiger partial charge in [0.25, 0.3) is 11.8 Å². The molecule has 3 aromatic rings. The smallest absolute Gasteiger partial charge is 0.338 e. The van der Waals surface area contributed by atoms with Crippen LogP contribution in [0.5, 0.6) is 0 Å². The third kappa shape index (κ3) is 3.89. The summed E-state index contributed by atoms with van der Waals surface area (Å²) in [6, 6.07) is 10.2. The summed E-state index contributed by atoms with van der Waals surface area (Å²) in [5, 5.41) is 6.35. The number of nitrogens with one attached hydrogen (secondary N) is 2. The number of esters is 1. The average Bonchev–Trinajstić information content (AvgIpc) is 3.25. The summed E-state index contributed by atoms with van der Waals surface area (Å²) in [4.78, 5) is 43.3. The molecule has 0 atom stereocenters. The van der Waals surface area contributed by atoms with Crippen LogP contribution >= 0.6 is 11.3 Å². The van der Waals surface area contributed by atoms with Gasteiger partial charge in [-0.1, -0.05) is 12.5 Å². The number of cyclic esters (lactones) is 1. The molecule has 8 heteroatoms. The second-order valence-electron chi connectivity index (χ2n) is 7.84. The molecular formula is C24H21N3O4S. The maximum Gasteiger partial charge on any atom is 0.338 e. The number of pyridine rings is 1. The number of hydrogen-bond donors (Lipinski definition) is 2. The van der Waals surface area contributed by atoms with E-state index in [1.165, 1.54) is 11.3 Å². The highest BCUT2D eigenvalue weighted by atomic mass is 32.1. The molecule has 162 valence electrons. The van der Waals surface area contributed by atoms with Crippen LogP contribution in [0.2, 0.25) is 0 Å². The first-order valence-electron chi connectivity index (χ1n) is 10.6. The van der Waals surface area contributed by atoms with Crippen molar-refractivity contribution in [2.24, 2.45) is 0 Å². The van der Waals surface area contributed by atoms with Crippen molar-refractivity contribution in [1.82, 2.24) is 4.98 Å². The molecule has 3 heterocycles. The summed E-state index contributed by atoms with van der Waals surface area (Å²) < 4.78 is 5.02. The molecule has 0 fully saturated rings. The third-order valence-corrected chi connectivity index (χ3v) is 6.94. The number of aryl methyl sites for hydroxylation is 1. The van der Waals surface area contributed by atoms with Crippen molar-refractivity contribution in [3.05, 3.63) is 75.3 Å². The van der Waals surface area contributed by atoms with Crippen LogP contribution < -0.4 is 10.6 Å². The first-order valence-corrected chi connectivity index (χ1v) is 11.4. The van der Waals surface area contributed by atoms with Gasteiger partial charge in [0.05, 0.1) is 11.1 Å². The summed E-state index contributed by atoms with van der Waals surface area (Å²) in [6.07, 6.45) is 6.54. The highest BCUT2D eigenvalue weighted by Gasteiger charge is 2.27. The quantitative estimate of drug-likeness (QED) is 0.450. The average molecular weight is 448 g/mol. The van der Waals surface area contributed by atoms with E-state index in [2.05, 4.69) is 15.6 Å². The molecule has 2 aromatic heterocycles. The van der Waals surface area contributed by atoms with E-state index < -0.39 is 0 Å². The predicted molar refractivity (Wildman–Crippen MR) is 121 cm³/mol. The molecule has 5 rings (SSSR count). The lowest BCUT2D eigenvalue weighted by Gasteiger charge is -2.10. The molecule has 0 unspecified atom stereocenters. The van der Waals surface area contributed by atoms with E-state index in [1.807, 2.05) is 6.07 Å². The summed E-state index contributed by atoms with van der Waals surface area (Å²) >= 11 is 1.47. The summed E-state index contributed by atoms with van der Waals surface area (Å²) in [6.45, 7) is 0.167. The summed E-state index contributed by atoms with van der Waals surface area (Å²) in [5.41, 5.74) is 3.13. The van der Waals surface area contributed by atoms with Crippen LogP contribution in [0.3, 0.4) is 0 Å². The Morgan fingerprint density at radius 1 is 1.00 bits per heavy atom. The SMILES string of the molecule is O=C(Nc1sc2c(c1C(=O)Nc1ccccn1)CCCCC2)c1ccc2c(c1)COC2=O. The van der Waals surface area contributed by atoms with Gasteiger partial charge in [0.15, 0.2) is 0 Å². The van der Waals surface area contributed by atoms with Gasteiger partial charge in [-0.2, -0.15) is 0 Å². The Morgan fingerprint density at radius 3 is 2.72 bits per heavy atom. The highest BCUT2D eigenvalue weighted by molar-refractivity contribution is 7.17. The van der Waals surface area contributed by atoms with Crippen molar-refractivity contribution in [1.29, 1.82) is 0 Å². The van der Waals surface area contributed by atoms with Gasteiger partial charge >= 0.3 is 5.97 Å². The molecular weight excluding hydrogens is 426 g/mol. The first kappa shape index (κ1) is 20.4. The van der Waals surface area contributed by atoms with Gasteiger partial charge in [0.2, 0.25) is 0 Å². The third-order valence-electron chi connectivity index (χ3n) is 5.73. The Balaban J connectivity index is 1.46. The van der Waals surface area contributed by atoms with E-state index in [4.69, 9.17) is 4.74 Å². The molecule has 2 N–H and O–H groups in total. The molecule has 0 spiro atoms. The number of amides is 2. The van der Waals surface area contributed by atoms with Crippen LogP contribution in [0.4, 0.5) is 10.8 Å². The van der Waals surface area contributed by atoms with Crippen molar-refractivity contribution in [2.75, 3.05) is 10.6 Å². The van der Waals surface area contributed by atoms with E-state index in [0.717, 1.165) is 42.5 Å². The zero-order valence-corrected chi connectivity index (χ0v) is 18.1. The lowest BCUT2D eigenvalue weighted by atomic mass is 10.0. The molecule has 2 amide bonds.